The summed E-state index contributed by atoms with van der Waals surface area (Å²) in [5.74, 6) is 1.67. The zero-order valence-corrected chi connectivity index (χ0v) is 9.66. The first-order chi connectivity index (χ1) is 7.13. The van der Waals surface area contributed by atoms with Gasteiger partial charge in [-0.3, -0.25) is 0 Å². The molecule has 15 heavy (non-hydrogen) atoms. The van der Waals surface area contributed by atoms with Gasteiger partial charge in [0, 0.05) is 10.6 Å². The second kappa shape index (κ2) is 4.03. The number of rotatable bonds is 3. The number of benzene rings is 1. The topological polar surface area (TPSA) is 29.5 Å². The summed E-state index contributed by atoms with van der Waals surface area (Å²) < 4.78 is 5.22. The van der Waals surface area contributed by atoms with Crippen molar-refractivity contribution in [2.45, 2.75) is 19.4 Å². The van der Waals surface area contributed by atoms with Crippen LogP contribution in [0.1, 0.15) is 25.0 Å². The van der Waals surface area contributed by atoms with Crippen LogP contribution in [0.2, 0.25) is 5.02 Å². The number of ether oxygens (including phenoxy) is 1. The van der Waals surface area contributed by atoms with Gasteiger partial charge >= 0.3 is 0 Å². The van der Waals surface area contributed by atoms with Crippen LogP contribution in [0.3, 0.4) is 0 Å². The third-order valence-electron chi connectivity index (χ3n) is 3.09. The molecule has 1 aromatic carbocycles. The van der Waals surface area contributed by atoms with E-state index in [-0.39, 0.29) is 0 Å². The minimum atomic E-state index is -0.450. The molecular formula is C12H15ClO2. The van der Waals surface area contributed by atoms with E-state index in [2.05, 4.69) is 6.92 Å². The van der Waals surface area contributed by atoms with Crippen LogP contribution in [0, 0.1) is 11.8 Å². The SMILES string of the molecule is COc1ccc(Cl)cc1C(O)C1CC1C. The summed E-state index contributed by atoms with van der Waals surface area (Å²) in [6, 6.07) is 5.36. The van der Waals surface area contributed by atoms with Crippen molar-refractivity contribution in [3.05, 3.63) is 28.8 Å². The summed E-state index contributed by atoms with van der Waals surface area (Å²) in [7, 11) is 1.61. The third-order valence-corrected chi connectivity index (χ3v) is 3.32. The van der Waals surface area contributed by atoms with E-state index >= 15 is 0 Å². The Morgan fingerprint density at radius 3 is 2.73 bits per heavy atom. The summed E-state index contributed by atoms with van der Waals surface area (Å²) in [5, 5.41) is 10.8. The average Bonchev–Trinajstić information content (AvgIpc) is 2.94. The second-order valence-electron chi connectivity index (χ2n) is 4.21. The minimum absolute atomic E-state index is 0.359. The molecule has 0 radical (unpaired) electrons. The Hall–Kier alpha value is -0.730. The van der Waals surface area contributed by atoms with Gasteiger partial charge in [0.05, 0.1) is 13.2 Å². The summed E-state index contributed by atoms with van der Waals surface area (Å²) in [5.41, 5.74) is 0.805. The van der Waals surface area contributed by atoms with Gasteiger partial charge in [0.2, 0.25) is 0 Å². The van der Waals surface area contributed by atoms with Crippen molar-refractivity contribution in [1.82, 2.24) is 0 Å². The Labute approximate surface area is 94.8 Å². The van der Waals surface area contributed by atoms with Crippen molar-refractivity contribution in [3.63, 3.8) is 0 Å². The smallest absolute Gasteiger partial charge is 0.124 e. The highest BCUT2D eigenvalue weighted by Crippen LogP contribution is 2.48. The molecule has 1 N–H and O–H groups in total. The number of hydrogen-bond acceptors (Lipinski definition) is 2. The van der Waals surface area contributed by atoms with Crippen LogP contribution in [0.4, 0.5) is 0 Å². The second-order valence-corrected chi connectivity index (χ2v) is 4.64. The summed E-state index contributed by atoms with van der Waals surface area (Å²) in [6.07, 6.45) is 0.630. The van der Waals surface area contributed by atoms with E-state index in [1.54, 1.807) is 25.3 Å². The lowest BCUT2D eigenvalue weighted by atomic mass is 10.0. The van der Waals surface area contributed by atoms with Crippen molar-refractivity contribution in [2.75, 3.05) is 7.11 Å². The maximum atomic E-state index is 10.1. The summed E-state index contributed by atoms with van der Waals surface area (Å²) in [6.45, 7) is 2.14. The van der Waals surface area contributed by atoms with Crippen molar-refractivity contribution in [2.24, 2.45) is 11.8 Å². The molecule has 0 spiro atoms. The molecule has 1 aromatic rings. The van der Waals surface area contributed by atoms with Crippen molar-refractivity contribution < 1.29 is 9.84 Å². The van der Waals surface area contributed by atoms with Crippen LogP contribution >= 0.6 is 11.6 Å². The predicted molar refractivity (Wildman–Crippen MR) is 60.2 cm³/mol. The van der Waals surface area contributed by atoms with Gasteiger partial charge in [-0.1, -0.05) is 18.5 Å². The van der Waals surface area contributed by atoms with Crippen LogP contribution in [0.15, 0.2) is 18.2 Å². The first-order valence-corrected chi connectivity index (χ1v) is 5.52. The summed E-state index contributed by atoms with van der Waals surface area (Å²) >= 11 is 5.91. The number of hydrogen-bond donors (Lipinski definition) is 1. The highest BCUT2D eigenvalue weighted by atomic mass is 35.5. The lowest BCUT2D eigenvalue weighted by molar-refractivity contribution is 0.144. The van der Waals surface area contributed by atoms with Gasteiger partial charge < -0.3 is 9.84 Å². The zero-order valence-electron chi connectivity index (χ0n) is 8.90. The molecular weight excluding hydrogens is 212 g/mol. The number of aliphatic hydroxyl groups is 1. The number of methoxy groups -OCH3 is 1. The Morgan fingerprint density at radius 1 is 1.53 bits per heavy atom. The van der Waals surface area contributed by atoms with E-state index in [0.717, 1.165) is 12.0 Å². The Balaban J connectivity index is 2.28. The molecule has 0 heterocycles. The highest BCUT2D eigenvalue weighted by Gasteiger charge is 2.40. The number of halogens is 1. The fourth-order valence-corrected chi connectivity index (χ4v) is 2.14. The van der Waals surface area contributed by atoms with E-state index in [0.29, 0.717) is 22.6 Å². The molecule has 2 rings (SSSR count). The molecule has 0 bridgehead atoms. The van der Waals surface area contributed by atoms with Crippen LogP contribution in [0.5, 0.6) is 5.75 Å². The van der Waals surface area contributed by atoms with Gasteiger partial charge in [-0.2, -0.15) is 0 Å². The van der Waals surface area contributed by atoms with E-state index < -0.39 is 6.10 Å². The maximum absolute atomic E-state index is 10.1. The standard InChI is InChI=1S/C12H15ClO2/c1-7-5-9(7)12(14)10-6-8(13)3-4-11(10)15-2/h3-4,6-7,9,12,14H,5H2,1-2H3. The lowest BCUT2D eigenvalue weighted by Gasteiger charge is -2.14. The Bertz CT molecular complexity index is 365. The predicted octanol–water partition coefficient (Wildman–Crippen LogP) is 3.04. The summed E-state index contributed by atoms with van der Waals surface area (Å²) in [4.78, 5) is 0. The Kier molecular flexibility index (Phi) is 2.89. The molecule has 1 fully saturated rings. The zero-order chi connectivity index (χ0) is 11.0. The Morgan fingerprint density at radius 2 is 2.20 bits per heavy atom. The van der Waals surface area contributed by atoms with Crippen LogP contribution < -0.4 is 4.74 Å². The fourth-order valence-electron chi connectivity index (χ4n) is 1.96. The molecule has 1 saturated carbocycles. The third kappa shape index (κ3) is 2.11. The van der Waals surface area contributed by atoms with E-state index in [9.17, 15) is 5.11 Å². The molecule has 1 aliphatic carbocycles. The van der Waals surface area contributed by atoms with Gasteiger partial charge in [-0.05, 0) is 36.5 Å². The van der Waals surface area contributed by atoms with Gasteiger partial charge in [-0.15, -0.1) is 0 Å². The van der Waals surface area contributed by atoms with E-state index in [4.69, 9.17) is 16.3 Å². The van der Waals surface area contributed by atoms with Crippen LogP contribution in [-0.4, -0.2) is 12.2 Å². The lowest BCUT2D eigenvalue weighted by Crippen LogP contribution is -2.03. The normalized spacial score (nSPS) is 26.1. The van der Waals surface area contributed by atoms with E-state index in [1.165, 1.54) is 0 Å². The molecule has 0 amide bonds. The molecule has 0 saturated heterocycles. The molecule has 0 aliphatic heterocycles. The van der Waals surface area contributed by atoms with Crippen molar-refractivity contribution in [3.8, 4) is 5.75 Å². The molecule has 82 valence electrons. The van der Waals surface area contributed by atoms with Gasteiger partial charge in [0.1, 0.15) is 5.75 Å². The fraction of sp³-hybridized carbons (Fsp3) is 0.500. The minimum Gasteiger partial charge on any atom is -0.496 e. The quantitative estimate of drug-likeness (QED) is 0.859. The van der Waals surface area contributed by atoms with Crippen LogP contribution in [0.25, 0.3) is 0 Å². The average molecular weight is 227 g/mol. The van der Waals surface area contributed by atoms with Crippen molar-refractivity contribution >= 4 is 11.6 Å². The molecule has 3 atom stereocenters. The monoisotopic (exact) mass is 226 g/mol. The van der Waals surface area contributed by atoms with Gasteiger partial charge in [0.15, 0.2) is 0 Å². The first kappa shape index (κ1) is 10.8. The molecule has 0 aromatic heterocycles. The number of aliphatic hydroxyl groups excluding tert-OH is 1. The molecule has 3 unspecified atom stereocenters. The molecule has 3 heteroatoms. The van der Waals surface area contributed by atoms with Crippen LogP contribution in [-0.2, 0) is 0 Å². The maximum Gasteiger partial charge on any atom is 0.124 e. The first-order valence-electron chi connectivity index (χ1n) is 5.15. The van der Waals surface area contributed by atoms with Gasteiger partial charge in [0.25, 0.3) is 0 Å². The molecule has 1 aliphatic rings. The van der Waals surface area contributed by atoms with Crippen molar-refractivity contribution in [1.29, 1.82) is 0 Å². The largest absolute Gasteiger partial charge is 0.496 e. The molecule has 2 nitrogen and oxygen atoms in total. The van der Waals surface area contributed by atoms with E-state index in [1.807, 2.05) is 0 Å². The highest BCUT2D eigenvalue weighted by molar-refractivity contribution is 6.30. The van der Waals surface area contributed by atoms with Gasteiger partial charge in [-0.25, -0.2) is 0 Å².